The predicted octanol–water partition coefficient (Wildman–Crippen LogP) is 5.06. The van der Waals surface area contributed by atoms with Crippen LogP contribution in [0.3, 0.4) is 0 Å². The Balaban J connectivity index is 1.69. The Bertz CT molecular complexity index is 1170. The van der Waals surface area contributed by atoms with Crippen molar-refractivity contribution >= 4 is 44.9 Å². The van der Waals surface area contributed by atoms with Crippen LogP contribution in [0.4, 0.5) is 5.69 Å². The summed E-state index contributed by atoms with van der Waals surface area (Å²) in [6.07, 6.45) is 7.18. The van der Waals surface area contributed by atoms with Gasteiger partial charge in [-0.15, -0.1) is 17.9 Å². The van der Waals surface area contributed by atoms with Crippen LogP contribution in [0.1, 0.15) is 36.6 Å². The smallest absolute Gasteiger partial charge is 0.263 e. The van der Waals surface area contributed by atoms with Gasteiger partial charge in [-0.2, -0.15) is 0 Å². The van der Waals surface area contributed by atoms with E-state index in [4.69, 9.17) is 4.98 Å². The van der Waals surface area contributed by atoms with E-state index in [-0.39, 0.29) is 16.7 Å². The van der Waals surface area contributed by atoms with E-state index in [0.717, 1.165) is 35.2 Å². The van der Waals surface area contributed by atoms with Crippen LogP contribution in [0, 0.1) is 0 Å². The minimum atomic E-state index is -0.386. The van der Waals surface area contributed by atoms with Gasteiger partial charge in [0, 0.05) is 24.2 Å². The third kappa shape index (κ3) is 4.34. The van der Waals surface area contributed by atoms with E-state index in [1.54, 1.807) is 33.9 Å². The molecule has 1 aliphatic carbocycles. The highest BCUT2D eigenvalue weighted by atomic mass is 32.2. The lowest BCUT2D eigenvalue weighted by Gasteiger charge is -2.21. The topological polar surface area (TPSA) is 55.2 Å². The summed E-state index contributed by atoms with van der Waals surface area (Å²) in [4.78, 5) is 35.1. The van der Waals surface area contributed by atoms with E-state index in [1.165, 1.54) is 35.0 Å². The monoisotopic (exact) mass is 453 g/mol. The fourth-order valence-corrected chi connectivity index (χ4v) is 6.35. The van der Waals surface area contributed by atoms with Gasteiger partial charge in [0.2, 0.25) is 5.91 Å². The number of fused-ring (bicyclic) bond motifs is 3. The first-order valence-electron chi connectivity index (χ1n) is 10.7. The second kappa shape index (κ2) is 9.40. The molecule has 2 aromatic heterocycles. The number of benzene rings is 1. The first kappa shape index (κ1) is 21.8. The highest BCUT2D eigenvalue weighted by Gasteiger charge is 2.25. The van der Waals surface area contributed by atoms with Gasteiger partial charge in [0.05, 0.1) is 10.6 Å². The van der Waals surface area contributed by atoms with Gasteiger partial charge in [-0.05, 0) is 50.3 Å². The quantitative estimate of drug-likeness (QED) is 0.227. The first-order chi connectivity index (χ1) is 15.0. The minimum Gasteiger partial charge on any atom is -0.315 e. The Morgan fingerprint density at radius 1 is 1.29 bits per heavy atom. The Hall–Kier alpha value is -2.38. The number of aromatic nitrogens is 2. The van der Waals surface area contributed by atoms with Crippen molar-refractivity contribution in [2.45, 2.75) is 56.0 Å². The summed E-state index contributed by atoms with van der Waals surface area (Å²) in [6, 6.07) is 9.57. The van der Waals surface area contributed by atoms with Crippen molar-refractivity contribution in [2.24, 2.45) is 0 Å². The van der Waals surface area contributed by atoms with Crippen LogP contribution in [0.2, 0.25) is 0 Å². The summed E-state index contributed by atoms with van der Waals surface area (Å²) in [7, 11) is 1.78. The molecule has 5 nitrogen and oxygen atoms in total. The van der Waals surface area contributed by atoms with E-state index >= 15 is 0 Å². The van der Waals surface area contributed by atoms with Crippen molar-refractivity contribution in [1.82, 2.24) is 9.55 Å². The van der Waals surface area contributed by atoms with Gasteiger partial charge in [-0.25, -0.2) is 4.98 Å². The molecule has 0 radical (unpaired) electrons. The van der Waals surface area contributed by atoms with Crippen LogP contribution in [0.25, 0.3) is 10.2 Å². The van der Waals surface area contributed by atoms with Gasteiger partial charge < -0.3 is 4.90 Å². The fourth-order valence-electron chi connectivity index (χ4n) is 4.04. The average molecular weight is 454 g/mol. The van der Waals surface area contributed by atoms with Crippen LogP contribution in [-0.2, 0) is 24.2 Å². The molecule has 0 spiro atoms. The first-order valence-corrected chi connectivity index (χ1v) is 12.4. The van der Waals surface area contributed by atoms with Crippen molar-refractivity contribution in [2.75, 3.05) is 11.9 Å². The number of hydrogen-bond donors (Lipinski definition) is 0. The highest BCUT2D eigenvalue weighted by Crippen LogP contribution is 2.35. The van der Waals surface area contributed by atoms with E-state index in [9.17, 15) is 9.59 Å². The summed E-state index contributed by atoms with van der Waals surface area (Å²) in [5.41, 5.74) is 2.02. The second-order valence-electron chi connectivity index (χ2n) is 7.84. The van der Waals surface area contributed by atoms with Gasteiger partial charge >= 0.3 is 0 Å². The van der Waals surface area contributed by atoms with E-state index in [0.29, 0.717) is 11.7 Å². The average Bonchev–Trinajstić information content (AvgIpc) is 2.96. The lowest BCUT2D eigenvalue weighted by Crippen LogP contribution is -2.34. The van der Waals surface area contributed by atoms with Crippen molar-refractivity contribution in [3.8, 4) is 0 Å². The van der Waals surface area contributed by atoms with Gasteiger partial charge in [0.15, 0.2) is 5.16 Å². The largest absolute Gasteiger partial charge is 0.315 e. The van der Waals surface area contributed by atoms with E-state index in [1.807, 2.05) is 37.3 Å². The Morgan fingerprint density at radius 3 is 2.77 bits per heavy atom. The molecule has 0 fully saturated rings. The van der Waals surface area contributed by atoms with Gasteiger partial charge in [0.1, 0.15) is 4.83 Å². The number of carbonyl (C=O) groups is 1. The zero-order chi connectivity index (χ0) is 22.0. The molecule has 0 aliphatic heterocycles. The zero-order valence-electron chi connectivity index (χ0n) is 18.0. The lowest BCUT2D eigenvalue weighted by atomic mass is 10.1. The Morgan fingerprint density at radius 2 is 2.03 bits per heavy atom. The number of para-hydroxylation sites is 1. The normalized spacial score (nSPS) is 14.6. The maximum Gasteiger partial charge on any atom is 0.263 e. The molecule has 0 saturated heterocycles. The molecule has 1 atom stereocenters. The molecule has 162 valence electrons. The zero-order valence-corrected chi connectivity index (χ0v) is 19.6. The molecular formula is C24H27N3O2S2. The molecule has 4 rings (SSSR count). The molecule has 0 saturated carbocycles. The van der Waals surface area contributed by atoms with E-state index < -0.39 is 0 Å². The maximum absolute atomic E-state index is 13.5. The number of hydrogen-bond acceptors (Lipinski definition) is 5. The van der Waals surface area contributed by atoms with Crippen LogP contribution in [0.15, 0.2) is 52.9 Å². The van der Waals surface area contributed by atoms with Gasteiger partial charge in [-0.3, -0.25) is 14.2 Å². The van der Waals surface area contributed by atoms with Crippen molar-refractivity contribution < 1.29 is 4.79 Å². The van der Waals surface area contributed by atoms with Crippen molar-refractivity contribution in [1.29, 1.82) is 0 Å². The third-order valence-electron chi connectivity index (χ3n) is 5.71. The van der Waals surface area contributed by atoms with Crippen LogP contribution < -0.4 is 10.5 Å². The Labute approximate surface area is 190 Å². The molecule has 0 N–H and O–H groups in total. The van der Waals surface area contributed by atoms with Crippen LogP contribution in [-0.4, -0.2) is 27.8 Å². The number of carbonyl (C=O) groups excluding carboxylic acids is 1. The van der Waals surface area contributed by atoms with E-state index in [2.05, 4.69) is 6.58 Å². The Kier molecular flexibility index (Phi) is 6.62. The summed E-state index contributed by atoms with van der Waals surface area (Å²) in [6.45, 7) is 6.07. The molecule has 0 bridgehead atoms. The summed E-state index contributed by atoms with van der Waals surface area (Å²) in [5.74, 6) is -0.0299. The number of aryl methyl sites for hydroxylation is 2. The summed E-state index contributed by atoms with van der Waals surface area (Å²) < 4.78 is 1.67. The molecular weight excluding hydrogens is 426 g/mol. The van der Waals surface area contributed by atoms with Crippen molar-refractivity contribution in [3.63, 3.8) is 0 Å². The number of rotatable bonds is 6. The molecule has 31 heavy (non-hydrogen) atoms. The number of amides is 1. The molecule has 2 heterocycles. The van der Waals surface area contributed by atoms with Gasteiger partial charge in [-0.1, -0.05) is 42.5 Å². The van der Waals surface area contributed by atoms with Crippen LogP contribution >= 0.6 is 23.1 Å². The maximum atomic E-state index is 13.5. The second-order valence-corrected chi connectivity index (χ2v) is 10.2. The highest BCUT2D eigenvalue weighted by molar-refractivity contribution is 8.00. The molecule has 1 amide bonds. The molecule has 1 aliphatic rings. The number of anilines is 1. The number of thioether (sulfide) groups is 1. The number of thiophene rings is 1. The lowest BCUT2D eigenvalue weighted by molar-refractivity contribution is -0.117. The number of allylic oxidation sites excluding steroid dienone is 1. The SMILES string of the molecule is C=CCn1c(S[C@H](C)C(=O)N(C)c2ccccc2)nc2sc3c(c2c1=O)CCCCC3. The predicted molar refractivity (Wildman–Crippen MR) is 131 cm³/mol. The summed E-state index contributed by atoms with van der Waals surface area (Å²) >= 11 is 2.99. The molecule has 1 aromatic carbocycles. The minimum absolute atomic E-state index is 0.0112. The summed E-state index contributed by atoms with van der Waals surface area (Å²) in [5, 5.41) is 0.966. The molecule has 7 heteroatoms. The van der Waals surface area contributed by atoms with Gasteiger partial charge in [0.25, 0.3) is 5.56 Å². The fraction of sp³-hybridized carbons (Fsp3) is 0.375. The van der Waals surface area contributed by atoms with Crippen LogP contribution in [0.5, 0.6) is 0 Å². The molecule has 3 aromatic rings. The van der Waals surface area contributed by atoms with Crippen molar-refractivity contribution in [3.05, 3.63) is 63.8 Å². The number of nitrogens with zero attached hydrogens (tertiary/aromatic N) is 3. The molecule has 0 unspecified atom stereocenters. The standard InChI is InChI=1S/C24H27N3O2S2/c1-4-15-27-23(29)20-18-13-9-6-10-14-19(18)31-21(20)25-24(27)30-16(2)22(28)26(3)17-11-7-5-8-12-17/h4-5,7-8,11-12,16H,1,6,9-10,13-15H2,2-3H3/t16-/m1/s1. The third-order valence-corrected chi connectivity index (χ3v) is 7.97.